The molecule has 0 aliphatic rings. The average molecular weight is 203 g/mol. The summed E-state index contributed by atoms with van der Waals surface area (Å²) in [6.07, 6.45) is 0. The van der Waals surface area contributed by atoms with Gasteiger partial charge in [0.05, 0.1) is 5.09 Å². The Hall–Kier alpha value is -0.370. The zero-order chi connectivity index (χ0) is 9.49. The van der Waals surface area contributed by atoms with Crippen LogP contribution in [0.15, 0.2) is 24.0 Å². The van der Waals surface area contributed by atoms with E-state index in [1.54, 1.807) is 0 Å². The van der Waals surface area contributed by atoms with Crippen molar-refractivity contribution in [2.75, 3.05) is 0 Å². The topological polar surface area (TPSA) is 100 Å². The van der Waals surface area contributed by atoms with E-state index in [0.29, 0.717) is 0 Å². The van der Waals surface area contributed by atoms with E-state index < -0.39 is 14.9 Å². The Morgan fingerprint density at radius 3 is 1.33 bits per heavy atom. The van der Waals surface area contributed by atoms with Crippen molar-refractivity contribution in [1.29, 1.82) is 0 Å². The predicted octanol–water partition coefficient (Wildman–Crippen LogP) is -2.55. The summed E-state index contributed by atoms with van der Waals surface area (Å²) in [5, 5.41) is 16.4. The number of hydrogen-bond acceptors (Lipinski definition) is 5. The third-order valence-corrected chi connectivity index (χ3v) is 1.39. The van der Waals surface area contributed by atoms with E-state index in [0.717, 1.165) is 10.8 Å². The summed E-state index contributed by atoms with van der Waals surface area (Å²) < 4.78 is 20.3. The smallest absolute Gasteiger partial charge is 0.356 e. The van der Waals surface area contributed by atoms with Crippen LogP contribution in [0.2, 0.25) is 0 Å². The van der Waals surface area contributed by atoms with Crippen LogP contribution in [-0.4, -0.2) is 13.5 Å². The Balaban J connectivity index is -0.000000142. The number of hydrogen-bond donors (Lipinski definition) is 0. The van der Waals surface area contributed by atoms with Crippen LogP contribution in [0.25, 0.3) is 0 Å². The molecule has 0 aromatic heterocycles. The molecule has 0 spiro atoms. The van der Waals surface area contributed by atoms with Gasteiger partial charge in [-0.15, -0.1) is 0 Å². The molecular weight excluding hydrogens is 197 g/mol. The SMILES string of the molecule is C=CS(=O)(=O)C=C.O=[N+]([O-])[O-].[Na+]. The van der Waals surface area contributed by atoms with Gasteiger partial charge in [-0.1, -0.05) is 13.2 Å². The summed E-state index contributed by atoms with van der Waals surface area (Å²) in [5.74, 6) is 0. The van der Waals surface area contributed by atoms with Crippen LogP contribution in [-0.2, 0) is 9.84 Å². The van der Waals surface area contributed by atoms with Crippen LogP contribution in [0.4, 0.5) is 0 Å². The molecule has 0 saturated carbocycles. The van der Waals surface area contributed by atoms with Crippen LogP contribution in [0.1, 0.15) is 0 Å². The average Bonchev–Trinajstić information content (AvgIpc) is 1.87. The molecule has 0 amide bonds. The summed E-state index contributed by atoms with van der Waals surface area (Å²) >= 11 is 0. The summed E-state index contributed by atoms with van der Waals surface area (Å²) in [4.78, 5) is 8.25. The normalized spacial score (nSPS) is 8.00. The molecule has 0 aromatic rings. The van der Waals surface area contributed by atoms with Crippen LogP contribution in [0, 0.1) is 15.3 Å². The van der Waals surface area contributed by atoms with Gasteiger partial charge in [0, 0.05) is 10.8 Å². The molecule has 0 aromatic carbocycles. The third-order valence-electron chi connectivity index (χ3n) is 0.465. The molecular formula is C4H6NNaO5S. The van der Waals surface area contributed by atoms with Crippen molar-refractivity contribution in [3.63, 3.8) is 0 Å². The molecule has 12 heavy (non-hydrogen) atoms. The monoisotopic (exact) mass is 203 g/mol. The van der Waals surface area contributed by atoms with Gasteiger partial charge in [-0.25, -0.2) is 8.42 Å². The summed E-state index contributed by atoms with van der Waals surface area (Å²) in [5.41, 5.74) is 0. The Bertz CT molecular complexity index is 228. The van der Waals surface area contributed by atoms with Gasteiger partial charge in [-0.05, 0) is 0 Å². The maximum absolute atomic E-state index is 10.1. The molecule has 0 aliphatic heterocycles. The van der Waals surface area contributed by atoms with E-state index in [1.165, 1.54) is 0 Å². The zero-order valence-corrected chi connectivity index (χ0v) is 9.28. The van der Waals surface area contributed by atoms with Crippen molar-refractivity contribution in [2.45, 2.75) is 0 Å². The number of nitrogens with zero attached hydrogens (tertiary/aromatic N) is 1. The Morgan fingerprint density at radius 1 is 1.17 bits per heavy atom. The molecule has 0 rings (SSSR count). The van der Waals surface area contributed by atoms with E-state index in [2.05, 4.69) is 13.2 Å². The summed E-state index contributed by atoms with van der Waals surface area (Å²) in [7, 11) is -3.13. The second-order valence-electron chi connectivity index (χ2n) is 1.15. The minimum atomic E-state index is -3.13. The van der Waals surface area contributed by atoms with Gasteiger partial charge in [-0.3, -0.25) is 0 Å². The van der Waals surface area contributed by atoms with Gasteiger partial charge in [0.15, 0.2) is 9.84 Å². The number of sulfone groups is 1. The first-order chi connectivity index (χ1) is 4.85. The quantitative estimate of drug-likeness (QED) is 0.279. The van der Waals surface area contributed by atoms with Crippen molar-refractivity contribution < 1.29 is 43.1 Å². The molecule has 8 heteroatoms. The molecule has 0 atom stereocenters. The maximum atomic E-state index is 10.1. The minimum absolute atomic E-state index is 0. The number of rotatable bonds is 2. The van der Waals surface area contributed by atoms with E-state index in [-0.39, 0.29) is 29.6 Å². The first-order valence-electron chi connectivity index (χ1n) is 2.17. The Kier molecular flexibility index (Phi) is 12.8. The second kappa shape index (κ2) is 8.72. The summed E-state index contributed by atoms with van der Waals surface area (Å²) in [6, 6.07) is 0. The van der Waals surface area contributed by atoms with E-state index >= 15 is 0 Å². The molecule has 64 valence electrons. The fourth-order valence-electron chi connectivity index (χ4n) is 0.0680. The van der Waals surface area contributed by atoms with Crippen LogP contribution in [0.5, 0.6) is 0 Å². The van der Waals surface area contributed by atoms with E-state index in [1.807, 2.05) is 0 Å². The molecule has 0 radical (unpaired) electrons. The summed E-state index contributed by atoms with van der Waals surface area (Å²) in [6.45, 7) is 6.09. The molecule has 0 fully saturated rings. The zero-order valence-electron chi connectivity index (χ0n) is 6.47. The molecule has 0 heterocycles. The fraction of sp³-hybridized carbons (Fsp3) is 0. The minimum Gasteiger partial charge on any atom is -0.356 e. The van der Waals surface area contributed by atoms with E-state index in [4.69, 9.17) is 15.3 Å². The maximum Gasteiger partial charge on any atom is 1.00 e. The second-order valence-corrected chi connectivity index (χ2v) is 2.99. The standard InChI is InChI=1S/C4H6O2S.NO3.Na/c1-3-7(5,6)4-2;2-1(3)4;/h3-4H,1-2H2;;/q;-1;+1. The molecule has 6 nitrogen and oxygen atoms in total. The first-order valence-corrected chi connectivity index (χ1v) is 3.78. The van der Waals surface area contributed by atoms with E-state index in [9.17, 15) is 8.42 Å². The van der Waals surface area contributed by atoms with Crippen LogP contribution >= 0.6 is 0 Å². The van der Waals surface area contributed by atoms with Gasteiger partial charge in [0.25, 0.3) is 0 Å². The van der Waals surface area contributed by atoms with Gasteiger partial charge < -0.3 is 15.3 Å². The van der Waals surface area contributed by atoms with Gasteiger partial charge in [0.2, 0.25) is 0 Å². The van der Waals surface area contributed by atoms with Gasteiger partial charge in [-0.2, -0.15) is 0 Å². The largest absolute Gasteiger partial charge is 1.00 e. The molecule has 0 aliphatic carbocycles. The predicted molar refractivity (Wildman–Crippen MR) is 39.7 cm³/mol. The first kappa shape index (κ1) is 17.6. The van der Waals surface area contributed by atoms with Gasteiger partial charge in [0.1, 0.15) is 0 Å². The fourth-order valence-corrected chi connectivity index (χ4v) is 0.204. The van der Waals surface area contributed by atoms with Crippen molar-refractivity contribution in [1.82, 2.24) is 0 Å². The Morgan fingerprint density at radius 2 is 1.33 bits per heavy atom. The van der Waals surface area contributed by atoms with Crippen molar-refractivity contribution in [3.05, 3.63) is 39.3 Å². The molecule has 0 unspecified atom stereocenters. The van der Waals surface area contributed by atoms with Gasteiger partial charge >= 0.3 is 29.6 Å². The van der Waals surface area contributed by atoms with Crippen molar-refractivity contribution in [2.24, 2.45) is 0 Å². The van der Waals surface area contributed by atoms with Crippen LogP contribution < -0.4 is 29.6 Å². The van der Waals surface area contributed by atoms with Crippen molar-refractivity contribution >= 4 is 9.84 Å². The Labute approximate surface area is 91.9 Å². The van der Waals surface area contributed by atoms with Crippen LogP contribution in [0.3, 0.4) is 0 Å². The molecule has 0 N–H and O–H groups in total. The third kappa shape index (κ3) is 22.6. The van der Waals surface area contributed by atoms with Crippen molar-refractivity contribution in [3.8, 4) is 0 Å². The molecule has 0 bridgehead atoms. The molecule has 0 saturated heterocycles.